The lowest BCUT2D eigenvalue weighted by molar-refractivity contribution is -0.142. The number of benzene rings is 2. The Hall–Kier alpha value is -1.42. The minimum Gasteiger partial charge on any atom is -0.479 e. The number of carbonyl (C=O) groups is 1. The average molecular weight is 345 g/mol. The molecule has 2 aromatic rings. The van der Waals surface area contributed by atoms with Crippen LogP contribution in [0.5, 0.6) is 0 Å². The lowest BCUT2D eigenvalue weighted by atomic mass is 9.91. The van der Waals surface area contributed by atoms with E-state index < -0.39 is 11.5 Å². The van der Waals surface area contributed by atoms with E-state index in [-0.39, 0.29) is 5.02 Å². The molecule has 1 unspecified atom stereocenters. The number of hydrogen-bond donors (Lipinski definition) is 2. The number of nitrogens with one attached hydrogen (secondary N) is 1. The van der Waals surface area contributed by atoms with Crippen LogP contribution >= 0.6 is 34.8 Å². The Morgan fingerprint density at radius 2 is 1.67 bits per heavy atom. The largest absolute Gasteiger partial charge is 0.479 e. The molecule has 0 saturated carbocycles. The average Bonchev–Trinajstić information content (AvgIpc) is 2.44. The molecule has 2 aromatic carbocycles. The zero-order valence-corrected chi connectivity index (χ0v) is 13.3. The number of aliphatic carboxylic acids is 1. The SMILES string of the molecule is CC(Nc1ccccc1Cl)(C(=O)O)c1cccc(Cl)c1Cl. The molecule has 110 valence electrons. The number of para-hydroxylation sites is 1. The van der Waals surface area contributed by atoms with Crippen LogP contribution in [-0.2, 0) is 10.3 Å². The predicted octanol–water partition coefficient (Wildman–Crippen LogP) is 5.06. The summed E-state index contributed by atoms with van der Waals surface area (Å²) in [6, 6.07) is 11.8. The second-order valence-electron chi connectivity index (χ2n) is 4.64. The highest BCUT2D eigenvalue weighted by molar-refractivity contribution is 6.42. The van der Waals surface area contributed by atoms with E-state index in [2.05, 4.69) is 5.32 Å². The highest BCUT2D eigenvalue weighted by Gasteiger charge is 2.38. The third kappa shape index (κ3) is 3.10. The molecule has 0 bridgehead atoms. The van der Waals surface area contributed by atoms with Crippen molar-refractivity contribution in [3.8, 4) is 0 Å². The van der Waals surface area contributed by atoms with E-state index in [4.69, 9.17) is 34.8 Å². The van der Waals surface area contributed by atoms with Crippen LogP contribution in [0.3, 0.4) is 0 Å². The van der Waals surface area contributed by atoms with Crippen molar-refractivity contribution >= 4 is 46.5 Å². The van der Waals surface area contributed by atoms with E-state index in [1.807, 2.05) is 0 Å². The summed E-state index contributed by atoms with van der Waals surface area (Å²) in [6.45, 7) is 1.51. The van der Waals surface area contributed by atoms with Gasteiger partial charge in [0.05, 0.1) is 20.8 Å². The van der Waals surface area contributed by atoms with Crippen molar-refractivity contribution in [2.75, 3.05) is 5.32 Å². The van der Waals surface area contributed by atoms with Crippen molar-refractivity contribution in [1.82, 2.24) is 0 Å². The first kappa shape index (κ1) is 16.0. The van der Waals surface area contributed by atoms with Gasteiger partial charge in [-0.15, -0.1) is 0 Å². The minimum absolute atomic E-state index is 0.198. The molecule has 3 nitrogen and oxygen atoms in total. The molecule has 0 aromatic heterocycles. The minimum atomic E-state index is -1.47. The summed E-state index contributed by atoms with van der Waals surface area (Å²) in [5, 5.41) is 13.5. The topological polar surface area (TPSA) is 49.3 Å². The molecule has 6 heteroatoms. The van der Waals surface area contributed by atoms with Gasteiger partial charge in [0, 0.05) is 5.56 Å². The molecule has 1 atom stereocenters. The van der Waals surface area contributed by atoms with Crippen LogP contribution in [0, 0.1) is 0 Å². The van der Waals surface area contributed by atoms with Gasteiger partial charge < -0.3 is 10.4 Å². The van der Waals surface area contributed by atoms with Gasteiger partial charge in [0.25, 0.3) is 0 Å². The van der Waals surface area contributed by atoms with Crippen molar-refractivity contribution in [2.24, 2.45) is 0 Å². The van der Waals surface area contributed by atoms with Crippen molar-refractivity contribution in [3.05, 3.63) is 63.1 Å². The van der Waals surface area contributed by atoms with Crippen LogP contribution in [0.15, 0.2) is 42.5 Å². The fourth-order valence-corrected chi connectivity index (χ4v) is 2.63. The quantitative estimate of drug-likeness (QED) is 0.815. The van der Waals surface area contributed by atoms with Crippen LogP contribution in [0.25, 0.3) is 0 Å². The van der Waals surface area contributed by atoms with Crippen molar-refractivity contribution in [2.45, 2.75) is 12.5 Å². The Morgan fingerprint density at radius 1 is 1.05 bits per heavy atom. The molecule has 0 radical (unpaired) electrons. The van der Waals surface area contributed by atoms with Crippen molar-refractivity contribution < 1.29 is 9.90 Å². The van der Waals surface area contributed by atoms with E-state index >= 15 is 0 Å². The first-order valence-electron chi connectivity index (χ1n) is 6.07. The highest BCUT2D eigenvalue weighted by Crippen LogP contribution is 2.37. The molecule has 0 aliphatic rings. The van der Waals surface area contributed by atoms with Gasteiger partial charge in [-0.25, -0.2) is 4.79 Å². The predicted molar refractivity (Wildman–Crippen MR) is 86.5 cm³/mol. The molecule has 2 rings (SSSR count). The normalized spacial score (nSPS) is 13.5. The Bertz CT molecular complexity index is 690. The van der Waals surface area contributed by atoms with Gasteiger partial charge in [-0.05, 0) is 25.1 Å². The van der Waals surface area contributed by atoms with Crippen molar-refractivity contribution in [1.29, 1.82) is 0 Å². The molecule has 0 fully saturated rings. The maximum absolute atomic E-state index is 11.8. The van der Waals surface area contributed by atoms with Crippen LogP contribution in [0.4, 0.5) is 5.69 Å². The highest BCUT2D eigenvalue weighted by atomic mass is 35.5. The Kier molecular flexibility index (Phi) is 4.67. The van der Waals surface area contributed by atoms with Gasteiger partial charge in [-0.3, -0.25) is 0 Å². The van der Waals surface area contributed by atoms with Gasteiger partial charge in [0.1, 0.15) is 0 Å². The first-order chi connectivity index (χ1) is 9.86. The number of rotatable bonds is 4. The number of halogens is 3. The van der Waals surface area contributed by atoms with Crippen LogP contribution in [0.2, 0.25) is 15.1 Å². The Labute approximate surface area is 137 Å². The lowest BCUT2D eigenvalue weighted by Gasteiger charge is -2.29. The molecule has 0 spiro atoms. The van der Waals surface area contributed by atoms with Gasteiger partial charge in [0.15, 0.2) is 5.54 Å². The summed E-state index contributed by atoms with van der Waals surface area (Å²) < 4.78 is 0. The second kappa shape index (κ2) is 6.14. The summed E-state index contributed by atoms with van der Waals surface area (Å²) in [5.74, 6) is -1.09. The van der Waals surface area contributed by atoms with Crippen LogP contribution in [-0.4, -0.2) is 11.1 Å². The van der Waals surface area contributed by atoms with Crippen LogP contribution < -0.4 is 5.32 Å². The van der Waals surface area contributed by atoms with Crippen molar-refractivity contribution in [3.63, 3.8) is 0 Å². The van der Waals surface area contributed by atoms with E-state index in [1.54, 1.807) is 42.5 Å². The fraction of sp³-hybridized carbons (Fsp3) is 0.133. The van der Waals surface area contributed by atoms with E-state index in [0.29, 0.717) is 21.3 Å². The number of hydrogen-bond acceptors (Lipinski definition) is 2. The molecule has 2 N–H and O–H groups in total. The third-order valence-electron chi connectivity index (χ3n) is 3.18. The summed E-state index contributed by atoms with van der Waals surface area (Å²) in [7, 11) is 0. The summed E-state index contributed by atoms with van der Waals surface area (Å²) >= 11 is 18.2. The number of carboxylic acid groups (broad SMARTS) is 1. The smallest absolute Gasteiger partial charge is 0.333 e. The third-order valence-corrected chi connectivity index (χ3v) is 4.33. The molecule has 0 heterocycles. The molecule has 0 amide bonds. The molecule has 0 aliphatic carbocycles. The molecule has 0 aliphatic heterocycles. The summed E-state index contributed by atoms with van der Waals surface area (Å²) in [4.78, 5) is 11.8. The molecular formula is C15H12Cl3NO2. The summed E-state index contributed by atoms with van der Waals surface area (Å²) in [6.07, 6.45) is 0. The zero-order chi connectivity index (χ0) is 15.6. The van der Waals surface area contributed by atoms with Gasteiger partial charge in [0.2, 0.25) is 0 Å². The maximum Gasteiger partial charge on any atom is 0.333 e. The first-order valence-corrected chi connectivity index (χ1v) is 7.20. The second-order valence-corrected chi connectivity index (χ2v) is 5.83. The van der Waals surface area contributed by atoms with E-state index in [1.165, 1.54) is 6.92 Å². The van der Waals surface area contributed by atoms with Gasteiger partial charge in [-0.1, -0.05) is 59.1 Å². The Morgan fingerprint density at radius 3 is 2.29 bits per heavy atom. The number of anilines is 1. The standard InChI is InChI=1S/C15H12Cl3NO2/c1-15(14(20)21,9-5-4-7-11(17)13(9)18)19-12-8-3-2-6-10(12)16/h2-8,19H,1H3,(H,20,21). The summed E-state index contributed by atoms with van der Waals surface area (Å²) in [5.41, 5.74) is -0.600. The molecular weight excluding hydrogens is 333 g/mol. The van der Waals surface area contributed by atoms with Gasteiger partial charge in [-0.2, -0.15) is 0 Å². The van der Waals surface area contributed by atoms with Gasteiger partial charge >= 0.3 is 5.97 Å². The molecule has 21 heavy (non-hydrogen) atoms. The van der Waals surface area contributed by atoms with E-state index in [0.717, 1.165) is 0 Å². The Balaban J connectivity index is 2.54. The molecule has 0 saturated heterocycles. The monoisotopic (exact) mass is 343 g/mol. The maximum atomic E-state index is 11.8. The van der Waals surface area contributed by atoms with Crippen LogP contribution in [0.1, 0.15) is 12.5 Å². The zero-order valence-electron chi connectivity index (χ0n) is 11.0. The van der Waals surface area contributed by atoms with E-state index in [9.17, 15) is 9.90 Å². The number of carboxylic acids is 1. The lowest BCUT2D eigenvalue weighted by Crippen LogP contribution is -2.40. The fourth-order valence-electron chi connectivity index (χ4n) is 1.96.